The molecule has 0 saturated heterocycles. The smallest absolute Gasteiger partial charge is 0.337 e. The van der Waals surface area contributed by atoms with Crippen LogP contribution in [0.1, 0.15) is 11.7 Å². The topological polar surface area (TPSA) is 57.5 Å². The zero-order valence-electron chi connectivity index (χ0n) is 10.3. The summed E-state index contributed by atoms with van der Waals surface area (Å²) in [6.07, 6.45) is -1.68. The van der Waals surface area contributed by atoms with E-state index < -0.39 is 12.1 Å². The van der Waals surface area contributed by atoms with Gasteiger partial charge in [0.2, 0.25) is 0 Å². The predicted octanol–water partition coefficient (Wildman–Crippen LogP) is 5.09. The summed E-state index contributed by atoms with van der Waals surface area (Å²) in [7, 11) is 0. The van der Waals surface area contributed by atoms with Crippen molar-refractivity contribution in [3.05, 3.63) is 56.0 Å². The predicted molar refractivity (Wildman–Crippen MR) is 84.5 cm³/mol. The maximum Gasteiger partial charge on any atom is 0.337 e. The van der Waals surface area contributed by atoms with Crippen LogP contribution in [0.3, 0.4) is 0 Å². The van der Waals surface area contributed by atoms with Crippen LogP contribution in [0.5, 0.6) is 0 Å². The molecule has 0 aliphatic heterocycles. The van der Waals surface area contributed by atoms with Crippen molar-refractivity contribution in [3.8, 4) is 11.1 Å². The summed E-state index contributed by atoms with van der Waals surface area (Å²) in [5, 5.41) is 19.5. The third-order valence-electron chi connectivity index (χ3n) is 2.85. The molecule has 1 unspecified atom stereocenters. The molecule has 0 spiro atoms. The molecule has 0 amide bonds. The zero-order valence-corrected chi connectivity index (χ0v) is 13.3. The van der Waals surface area contributed by atoms with Crippen LogP contribution in [0.25, 0.3) is 11.1 Å². The Hall–Kier alpha value is -0.970. The van der Waals surface area contributed by atoms with Crippen molar-refractivity contribution in [2.75, 3.05) is 0 Å². The van der Waals surface area contributed by atoms with E-state index in [1.54, 1.807) is 12.1 Å². The van der Waals surface area contributed by atoms with Gasteiger partial charge in [-0.25, -0.2) is 4.79 Å². The second-order valence-corrected chi connectivity index (χ2v) is 5.85. The summed E-state index contributed by atoms with van der Waals surface area (Å²) in [6.45, 7) is 0. The first-order chi connectivity index (χ1) is 9.81. The second kappa shape index (κ2) is 6.42. The summed E-state index contributed by atoms with van der Waals surface area (Å²) in [4.78, 5) is 10.8. The number of halogens is 4. The maximum atomic E-state index is 10.8. The number of benzene rings is 2. The van der Waals surface area contributed by atoms with Gasteiger partial charge in [0, 0.05) is 21.2 Å². The monoisotopic (exact) mass is 364 g/mol. The lowest BCUT2D eigenvalue weighted by Crippen LogP contribution is -2.10. The van der Waals surface area contributed by atoms with E-state index in [1.165, 1.54) is 18.2 Å². The Morgan fingerprint density at radius 3 is 2.10 bits per heavy atom. The van der Waals surface area contributed by atoms with Crippen molar-refractivity contribution < 1.29 is 15.0 Å². The Morgan fingerprint density at radius 1 is 0.905 bits per heavy atom. The number of carbonyl (C=O) groups is 1. The molecule has 0 fully saturated rings. The molecule has 1 atom stereocenters. The Kier molecular flexibility index (Phi) is 5.02. The number of hydrogen-bond acceptors (Lipinski definition) is 2. The van der Waals surface area contributed by atoms with Gasteiger partial charge in [-0.2, -0.15) is 0 Å². The number of aliphatic carboxylic acids is 1. The van der Waals surface area contributed by atoms with Crippen molar-refractivity contribution in [2.45, 2.75) is 6.10 Å². The van der Waals surface area contributed by atoms with Crippen molar-refractivity contribution in [2.24, 2.45) is 0 Å². The molecule has 3 nitrogen and oxygen atoms in total. The first-order valence-electron chi connectivity index (χ1n) is 5.66. The van der Waals surface area contributed by atoms with Gasteiger partial charge >= 0.3 is 5.97 Å². The highest BCUT2D eigenvalue weighted by molar-refractivity contribution is 6.44. The van der Waals surface area contributed by atoms with Crippen molar-refractivity contribution in [3.63, 3.8) is 0 Å². The SMILES string of the molecule is O=C(O)C(O)c1ccc(-c2cc(Cl)c(Cl)cc2Cl)cc1Cl. The molecule has 110 valence electrons. The van der Waals surface area contributed by atoms with Gasteiger partial charge in [-0.15, -0.1) is 0 Å². The van der Waals surface area contributed by atoms with Gasteiger partial charge in [0.15, 0.2) is 6.10 Å². The first kappa shape index (κ1) is 16.4. The van der Waals surface area contributed by atoms with Gasteiger partial charge in [0.1, 0.15) is 0 Å². The fourth-order valence-electron chi connectivity index (χ4n) is 1.79. The van der Waals surface area contributed by atoms with Gasteiger partial charge < -0.3 is 10.2 Å². The van der Waals surface area contributed by atoms with E-state index in [2.05, 4.69) is 0 Å². The Labute approximate surface area is 140 Å². The van der Waals surface area contributed by atoms with E-state index in [-0.39, 0.29) is 10.6 Å². The highest BCUT2D eigenvalue weighted by Crippen LogP contribution is 2.37. The molecule has 2 aromatic carbocycles. The zero-order chi connectivity index (χ0) is 15.7. The third kappa shape index (κ3) is 3.44. The molecule has 2 rings (SSSR count). The molecular formula is C14H8Cl4O3. The molecule has 0 bridgehead atoms. The van der Waals surface area contributed by atoms with E-state index in [4.69, 9.17) is 51.5 Å². The number of rotatable bonds is 3. The maximum absolute atomic E-state index is 10.8. The van der Waals surface area contributed by atoms with Gasteiger partial charge in [-0.3, -0.25) is 0 Å². The quantitative estimate of drug-likeness (QED) is 0.745. The fourth-order valence-corrected chi connectivity index (χ4v) is 2.73. The van der Waals surface area contributed by atoms with E-state index in [1.807, 2.05) is 0 Å². The van der Waals surface area contributed by atoms with Crippen molar-refractivity contribution in [1.29, 1.82) is 0 Å². The van der Waals surface area contributed by atoms with E-state index in [0.29, 0.717) is 26.2 Å². The molecule has 0 aromatic heterocycles. The van der Waals surface area contributed by atoms with E-state index >= 15 is 0 Å². The summed E-state index contributed by atoms with van der Waals surface area (Å²) >= 11 is 24.0. The summed E-state index contributed by atoms with van der Waals surface area (Å²) in [6, 6.07) is 7.63. The largest absolute Gasteiger partial charge is 0.479 e. The molecule has 21 heavy (non-hydrogen) atoms. The normalized spacial score (nSPS) is 12.2. The Morgan fingerprint density at radius 2 is 1.52 bits per heavy atom. The highest BCUT2D eigenvalue weighted by atomic mass is 35.5. The molecule has 2 N–H and O–H groups in total. The standard InChI is InChI=1S/C14H8Cl4O3/c15-9-3-6(1-2-7(9)13(19)14(20)21)8-4-11(17)12(18)5-10(8)16/h1-5,13,19H,(H,20,21). The summed E-state index contributed by atoms with van der Waals surface area (Å²) in [5.41, 5.74) is 1.33. The van der Waals surface area contributed by atoms with E-state index in [0.717, 1.165) is 0 Å². The average molecular weight is 366 g/mol. The summed E-state index contributed by atoms with van der Waals surface area (Å²) in [5.74, 6) is -1.38. The average Bonchev–Trinajstić information content (AvgIpc) is 2.42. The van der Waals surface area contributed by atoms with Gasteiger partial charge in [-0.1, -0.05) is 58.5 Å². The number of carboxylic acids is 1. The Bertz CT molecular complexity index is 716. The van der Waals surface area contributed by atoms with Gasteiger partial charge in [-0.05, 0) is 23.8 Å². The van der Waals surface area contributed by atoms with Crippen molar-refractivity contribution >= 4 is 52.4 Å². The summed E-state index contributed by atoms with van der Waals surface area (Å²) < 4.78 is 0. The van der Waals surface area contributed by atoms with Crippen molar-refractivity contribution in [1.82, 2.24) is 0 Å². The van der Waals surface area contributed by atoms with Crippen LogP contribution >= 0.6 is 46.4 Å². The van der Waals surface area contributed by atoms with Crippen LogP contribution in [0.2, 0.25) is 20.1 Å². The number of hydrogen-bond donors (Lipinski definition) is 2. The van der Waals surface area contributed by atoms with Crippen LogP contribution in [0.15, 0.2) is 30.3 Å². The highest BCUT2D eigenvalue weighted by Gasteiger charge is 2.19. The number of aliphatic hydroxyl groups is 1. The molecular weight excluding hydrogens is 358 g/mol. The molecule has 0 saturated carbocycles. The van der Waals surface area contributed by atoms with Crippen LogP contribution in [0, 0.1) is 0 Å². The minimum Gasteiger partial charge on any atom is -0.479 e. The molecule has 0 heterocycles. The molecule has 0 aliphatic carbocycles. The fraction of sp³-hybridized carbons (Fsp3) is 0.0714. The van der Waals surface area contributed by atoms with Crippen LogP contribution < -0.4 is 0 Å². The van der Waals surface area contributed by atoms with Crippen LogP contribution in [-0.4, -0.2) is 16.2 Å². The third-order valence-corrected chi connectivity index (χ3v) is 4.21. The van der Waals surface area contributed by atoms with Gasteiger partial charge in [0.05, 0.1) is 10.0 Å². The van der Waals surface area contributed by atoms with Crippen LogP contribution in [-0.2, 0) is 4.79 Å². The Balaban J connectivity index is 2.50. The van der Waals surface area contributed by atoms with Crippen LogP contribution in [0.4, 0.5) is 0 Å². The lowest BCUT2D eigenvalue weighted by molar-refractivity contribution is -0.146. The molecule has 7 heteroatoms. The van der Waals surface area contributed by atoms with Gasteiger partial charge in [0.25, 0.3) is 0 Å². The molecule has 0 radical (unpaired) electrons. The van der Waals surface area contributed by atoms with E-state index in [9.17, 15) is 9.90 Å². The molecule has 2 aromatic rings. The second-order valence-electron chi connectivity index (χ2n) is 4.22. The first-order valence-corrected chi connectivity index (χ1v) is 7.17. The lowest BCUT2D eigenvalue weighted by atomic mass is 10.0. The number of carboxylic acid groups (broad SMARTS) is 1. The lowest BCUT2D eigenvalue weighted by Gasteiger charge is -2.11. The minimum atomic E-state index is -1.68. The minimum absolute atomic E-state index is 0.101. The number of aliphatic hydroxyl groups excluding tert-OH is 1. The molecule has 0 aliphatic rings.